The van der Waals surface area contributed by atoms with Gasteiger partial charge in [0.05, 0.1) is 6.61 Å². The van der Waals surface area contributed by atoms with Crippen molar-refractivity contribution in [2.24, 2.45) is 0 Å². The van der Waals surface area contributed by atoms with Gasteiger partial charge in [0, 0.05) is 0 Å². The highest BCUT2D eigenvalue weighted by atomic mass is 31.3. The van der Waals surface area contributed by atoms with Gasteiger partial charge in [-0.25, -0.2) is 13.7 Å². The van der Waals surface area contributed by atoms with Gasteiger partial charge in [-0.05, 0) is 0 Å². The highest BCUT2D eigenvalue weighted by Crippen LogP contribution is 2.66. The normalized spacial score (nSPS) is 36.8. The molecule has 1 aliphatic heterocycles. The van der Waals surface area contributed by atoms with Crippen molar-refractivity contribution in [3.8, 4) is 0 Å². The van der Waals surface area contributed by atoms with Gasteiger partial charge in [0.2, 0.25) is 0 Å². The van der Waals surface area contributed by atoms with Crippen molar-refractivity contribution in [3.63, 3.8) is 0 Å². The second kappa shape index (κ2) is 7.84. The zero-order valence-electron chi connectivity index (χ0n) is 11.4. The average Bonchev–Trinajstić information content (AvgIpc) is 2.34. The first kappa shape index (κ1) is 22.3. The van der Waals surface area contributed by atoms with E-state index in [2.05, 4.69) is 17.9 Å². The summed E-state index contributed by atoms with van der Waals surface area (Å²) in [4.78, 5) is 34.9. The Labute approximate surface area is 133 Å². The molecule has 2 unspecified atom stereocenters. The number of hydrogen-bond acceptors (Lipinski definition) is 11. The monoisotopic (exact) mass is 420 g/mol. The van der Waals surface area contributed by atoms with E-state index in [1.54, 1.807) is 0 Å². The van der Waals surface area contributed by atoms with Gasteiger partial charge < -0.3 is 44.7 Å². The Morgan fingerprint density at radius 2 is 1.38 bits per heavy atom. The molecule has 1 aliphatic rings. The zero-order chi connectivity index (χ0) is 18.9. The van der Waals surface area contributed by atoms with E-state index in [9.17, 15) is 33.9 Å². The van der Waals surface area contributed by atoms with E-state index < -0.39 is 60.8 Å². The minimum atomic E-state index is -5.77. The van der Waals surface area contributed by atoms with Crippen LogP contribution < -0.4 is 0 Å². The SMILES string of the molecule is O=P(O)(O)OP(=O)(O)OP(=O)(O)O[C@@H]1O[C@H](CO)[C@@H](O)[C@@H](O)[C@H]1O. The van der Waals surface area contributed by atoms with Gasteiger partial charge in [-0.3, -0.25) is 4.52 Å². The van der Waals surface area contributed by atoms with E-state index in [0.717, 1.165) is 0 Å². The highest BCUT2D eigenvalue weighted by Gasteiger charge is 2.49. The summed E-state index contributed by atoms with van der Waals surface area (Å²) in [7, 11) is -17.0. The van der Waals surface area contributed by atoms with Gasteiger partial charge >= 0.3 is 23.5 Å². The van der Waals surface area contributed by atoms with E-state index in [-0.39, 0.29) is 0 Å². The second-order valence-electron chi connectivity index (χ2n) is 4.39. The topological polar surface area (TPSA) is 250 Å². The molecule has 1 fully saturated rings. The highest BCUT2D eigenvalue weighted by molar-refractivity contribution is 7.66. The van der Waals surface area contributed by atoms with Crippen LogP contribution in [0, 0.1) is 0 Å². The number of aliphatic hydroxyl groups is 4. The Balaban J connectivity index is 2.84. The molecular formula is C6H15O15P3. The number of phosphoric ester groups is 1. The summed E-state index contributed by atoms with van der Waals surface area (Å²) in [6, 6.07) is 0. The molecule has 144 valence electrons. The number of hydrogen-bond donors (Lipinski definition) is 8. The van der Waals surface area contributed by atoms with Crippen LogP contribution in [0.25, 0.3) is 0 Å². The molecule has 18 heteroatoms. The molecule has 8 N–H and O–H groups in total. The lowest BCUT2D eigenvalue weighted by Gasteiger charge is -2.39. The first-order valence-corrected chi connectivity index (χ1v) is 10.3. The summed E-state index contributed by atoms with van der Waals surface area (Å²) in [5.74, 6) is 0. The predicted molar refractivity (Wildman–Crippen MR) is 68.7 cm³/mol. The molecule has 0 aromatic carbocycles. The third-order valence-corrected chi connectivity index (χ3v) is 6.30. The van der Waals surface area contributed by atoms with E-state index in [0.29, 0.717) is 0 Å². The van der Waals surface area contributed by atoms with Crippen LogP contribution in [0.1, 0.15) is 0 Å². The summed E-state index contributed by atoms with van der Waals surface area (Å²) in [5, 5.41) is 37.4. The number of rotatable bonds is 7. The minimum absolute atomic E-state index is 0.902. The Kier molecular flexibility index (Phi) is 7.27. The van der Waals surface area contributed by atoms with Gasteiger partial charge in [0.1, 0.15) is 24.4 Å². The van der Waals surface area contributed by atoms with Crippen LogP contribution in [-0.2, 0) is 31.6 Å². The fraction of sp³-hybridized carbons (Fsp3) is 1.00. The molecule has 1 heterocycles. The molecule has 15 nitrogen and oxygen atoms in total. The number of phosphoric acid groups is 3. The molecule has 0 spiro atoms. The first-order valence-electron chi connectivity index (χ1n) is 5.80. The molecule has 0 aromatic heterocycles. The Hall–Kier alpha value is 0.210. The Morgan fingerprint density at radius 1 is 0.833 bits per heavy atom. The van der Waals surface area contributed by atoms with Crippen molar-refractivity contribution in [1.82, 2.24) is 0 Å². The van der Waals surface area contributed by atoms with Crippen LogP contribution in [0.3, 0.4) is 0 Å². The molecule has 0 aliphatic carbocycles. The summed E-state index contributed by atoms with van der Waals surface area (Å²) >= 11 is 0. The Bertz CT molecular complexity index is 570. The van der Waals surface area contributed by atoms with Crippen molar-refractivity contribution < 1.29 is 71.6 Å². The van der Waals surface area contributed by atoms with Crippen LogP contribution in [0.2, 0.25) is 0 Å². The summed E-state index contributed by atoms with van der Waals surface area (Å²) in [6.07, 6.45) is -9.70. The van der Waals surface area contributed by atoms with Crippen LogP contribution >= 0.6 is 23.5 Å². The van der Waals surface area contributed by atoms with Gasteiger partial charge in [0.15, 0.2) is 6.29 Å². The average molecular weight is 420 g/mol. The van der Waals surface area contributed by atoms with Crippen molar-refractivity contribution in [2.45, 2.75) is 30.7 Å². The maximum Gasteiger partial charge on any atom is 0.490 e. The second-order valence-corrected chi connectivity index (χ2v) is 8.77. The third-order valence-electron chi connectivity index (χ3n) is 2.50. The molecule has 24 heavy (non-hydrogen) atoms. The maximum absolute atomic E-state index is 11.6. The maximum atomic E-state index is 11.6. The van der Waals surface area contributed by atoms with E-state index in [1.807, 2.05) is 0 Å². The van der Waals surface area contributed by atoms with Gasteiger partial charge in [-0.1, -0.05) is 0 Å². The third kappa shape index (κ3) is 6.50. The fourth-order valence-corrected chi connectivity index (χ4v) is 4.68. The largest absolute Gasteiger partial charge is 0.490 e. The van der Waals surface area contributed by atoms with Crippen LogP contribution in [-0.4, -0.2) is 77.3 Å². The van der Waals surface area contributed by atoms with E-state index in [1.165, 1.54) is 0 Å². The lowest BCUT2D eigenvalue weighted by atomic mass is 10.00. The van der Waals surface area contributed by atoms with Crippen LogP contribution in [0.5, 0.6) is 0 Å². The molecule has 0 bridgehead atoms. The number of ether oxygens (including phenoxy) is 1. The van der Waals surface area contributed by atoms with E-state index >= 15 is 0 Å². The molecule has 0 amide bonds. The smallest absolute Gasteiger partial charge is 0.394 e. The predicted octanol–water partition coefficient (Wildman–Crippen LogP) is -2.87. The lowest BCUT2D eigenvalue weighted by molar-refractivity contribution is -0.280. The standard InChI is InChI=1S/C6H15O15P3/c7-1-2-3(8)4(9)5(10)6(18-2)19-23(14,15)21-24(16,17)20-22(11,12)13/h2-10H,1H2,(H,14,15)(H,16,17)(H2,11,12,13)/t2-,3-,4-,5-,6+/m1/s1. The lowest BCUT2D eigenvalue weighted by Crippen LogP contribution is -2.58. The minimum Gasteiger partial charge on any atom is -0.394 e. The van der Waals surface area contributed by atoms with Gasteiger partial charge in [-0.15, -0.1) is 0 Å². The van der Waals surface area contributed by atoms with E-state index in [4.69, 9.17) is 19.8 Å². The summed E-state index contributed by atoms with van der Waals surface area (Å²) in [6.45, 7) is -0.902. The fourth-order valence-electron chi connectivity index (χ4n) is 1.58. The van der Waals surface area contributed by atoms with Crippen LogP contribution in [0.15, 0.2) is 0 Å². The quantitative estimate of drug-likeness (QED) is 0.193. The van der Waals surface area contributed by atoms with Crippen molar-refractivity contribution in [3.05, 3.63) is 0 Å². The summed E-state index contributed by atoms with van der Waals surface area (Å²) < 4.78 is 48.8. The van der Waals surface area contributed by atoms with Crippen LogP contribution in [0.4, 0.5) is 0 Å². The molecular weight excluding hydrogens is 405 g/mol. The van der Waals surface area contributed by atoms with Gasteiger partial charge in [-0.2, -0.15) is 8.62 Å². The molecule has 0 saturated carbocycles. The molecule has 0 aromatic rings. The molecule has 1 saturated heterocycles. The number of aliphatic hydroxyl groups excluding tert-OH is 4. The Morgan fingerprint density at radius 3 is 1.83 bits per heavy atom. The summed E-state index contributed by atoms with van der Waals surface area (Å²) in [5.41, 5.74) is 0. The van der Waals surface area contributed by atoms with Crippen molar-refractivity contribution >= 4 is 23.5 Å². The molecule has 7 atom stereocenters. The van der Waals surface area contributed by atoms with Crippen molar-refractivity contribution in [2.75, 3.05) is 6.61 Å². The zero-order valence-corrected chi connectivity index (χ0v) is 14.1. The van der Waals surface area contributed by atoms with Crippen molar-refractivity contribution in [1.29, 1.82) is 0 Å². The molecule has 1 rings (SSSR count). The molecule has 0 radical (unpaired) electrons. The first-order chi connectivity index (χ1) is 10.7. The van der Waals surface area contributed by atoms with Gasteiger partial charge in [0.25, 0.3) is 0 Å².